The van der Waals surface area contributed by atoms with Crippen LogP contribution in [-0.4, -0.2) is 47.7 Å². The van der Waals surface area contributed by atoms with E-state index >= 15 is 0 Å². The molecule has 5 heteroatoms. The molecule has 120 valence electrons. The molecular formula is C16H27NO4. The molecule has 0 saturated carbocycles. The minimum Gasteiger partial charge on any atom is -0.481 e. The number of nitrogens with zero attached hydrogens (tertiary/aromatic N) is 1. The Morgan fingerprint density at radius 1 is 1.14 bits per heavy atom. The van der Waals surface area contributed by atoms with Gasteiger partial charge in [-0.25, -0.2) is 0 Å². The Bertz CT molecular complexity index is 388. The van der Waals surface area contributed by atoms with Gasteiger partial charge in [0.1, 0.15) is 0 Å². The summed E-state index contributed by atoms with van der Waals surface area (Å²) in [5.74, 6) is -0.213. The number of carboxylic acids is 1. The topological polar surface area (TPSA) is 66.8 Å². The van der Waals surface area contributed by atoms with Crippen LogP contribution < -0.4 is 0 Å². The average Bonchev–Trinajstić information content (AvgIpc) is 2.95. The van der Waals surface area contributed by atoms with Gasteiger partial charge in [-0.1, -0.05) is 20.8 Å². The maximum absolute atomic E-state index is 12.3. The molecule has 21 heavy (non-hydrogen) atoms. The number of carboxylic acid groups (broad SMARTS) is 1. The van der Waals surface area contributed by atoms with Crippen LogP contribution in [0.1, 0.15) is 40.0 Å². The minimum absolute atomic E-state index is 0.0519. The van der Waals surface area contributed by atoms with Crippen molar-refractivity contribution in [3.63, 3.8) is 0 Å². The minimum atomic E-state index is -0.746. The van der Waals surface area contributed by atoms with Crippen molar-refractivity contribution in [2.75, 3.05) is 19.7 Å². The monoisotopic (exact) mass is 297 g/mol. The number of carbonyl (C=O) groups is 2. The lowest BCUT2D eigenvalue weighted by atomic mass is 9.83. The summed E-state index contributed by atoms with van der Waals surface area (Å²) in [6, 6.07) is 0. The number of amides is 1. The van der Waals surface area contributed by atoms with Crippen LogP contribution in [0.5, 0.6) is 0 Å². The molecule has 2 fully saturated rings. The van der Waals surface area contributed by atoms with Crippen LogP contribution in [0.15, 0.2) is 0 Å². The summed E-state index contributed by atoms with van der Waals surface area (Å²) in [5.41, 5.74) is 0. The van der Waals surface area contributed by atoms with Crippen LogP contribution in [0.3, 0.4) is 0 Å². The van der Waals surface area contributed by atoms with Crippen LogP contribution in [0.4, 0.5) is 0 Å². The highest BCUT2D eigenvalue weighted by atomic mass is 16.5. The van der Waals surface area contributed by atoms with Crippen molar-refractivity contribution in [2.45, 2.75) is 46.1 Å². The van der Waals surface area contributed by atoms with Crippen molar-refractivity contribution in [3.8, 4) is 0 Å². The maximum atomic E-state index is 12.3. The van der Waals surface area contributed by atoms with E-state index in [1.807, 2.05) is 11.8 Å². The lowest BCUT2D eigenvalue weighted by Gasteiger charge is -2.37. The van der Waals surface area contributed by atoms with Crippen molar-refractivity contribution in [1.82, 2.24) is 4.90 Å². The van der Waals surface area contributed by atoms with Crippen molar-refractivity contribution >= 4 is 11.9 Å². The van der Waals surface area contributed by atoms with E-state index in [-0.39, 0.29) is 29.8 Å². The molecule has 0 bridgehead atoms. The molecule has 2 rings (SSSR count). The lowest BCUT2D eigenvalue weighted by Crippen LogP contribution is -2.45. The molecule has 0 spiro atoms. The van der Waals surface area contributed by atoms with Crippen LogP contribution in [0, 0.1) is 23.7 Å². The number of hydrogen-bond donors (Lipinski definition) is 1. The van der Waals surface area contributed by atoms with E-state index < -0.39 is 5.97 Å². The van der Waals surface area contributed by atoms with Crippen LogP contribution in [0.25, 0.3) is 0 Å². The summed E-state index contributed by atoms with van der Waals surface area (Å²) < 4.78 is 5.66. The second-order valence-electron chi connectivity index (χ2n) is 6.76. The van der Waals surface area contributed by atoms with Gasteiger partial charge in [0.25, 0.3) is 0 Å². The van der Waals surface area contributed by atoms with E-state index in [1.165, 1.54) is 0 Å². The fourth-order valence-corrected chi connectivity index (χ4v) is 3.36. The van der Waals surface area contributed by atoms with Gasteiger partial charge in [-0.2, -0.15) is 0 Å². The van der Waals surface area contributed by atoms with Crippen LogP contribution in [0.2, 0.25) is 0 Å². The molecule has 1 N–H and O–H groups in total. The molecule has 3 atom stereocenters. The molecular weight excluding hydrogens is 270 g/mol. The zero-order valence-electron chi connectivity index (χ0n) is 13.2. The Labute approximate surface area is 126 Å². The molecule has 0 radical (unpaired) electrons. The Balaban J connectivity index is 1.88. The smallest absolute Gasteiger partial charge is 0.309 e. The van der Waals surface area contributed by atoms with Gasteiger partial charge in [-0.3, -0.25) is 9.59 Å². The Morgan fingerprint density at radius 3 is 2.29 bits per heavy atom. The zero-order chi connectivity index (χ0) is 15.6. The quantitative estimate of drug-likeness (QED) is 0.862. The van der Waals surface area contributed by atoms with Crippen molar-refractivity contribution < 1.29 is 19.4 Å². The third-order valence-corrected chi connectivity index (χ3v) is 5.16. The molecule has 2 saturated heterocycles. The summed E-state index contributed by atoms with van der Waals surface area (Å²) in [5, 5.41) is 9.24. The number of piperidine rings is 1. The van der Waals surface area contributed by atoms with E-state index in [2.05, 4.69) is 13.8 Å². The number of aliphatic carboxylic acids is 1. The predicted octanol–water partition coefficient (Wildman–Crippen LogP) is 2.01. The Morgan fingerprint density at radius 2 is 1.76 bits per heavy atom. The number of carbonyl (C=O) groups excluding carboxylic acids is 1. The maximum Gasteiger partial charge on any atom is 0.309 e. The molecule has 0 aromatic heterocycles. The molecule has 2 unspecified atom stereocenters. The van der Waals surface area contributed by atoms with Crippen molar-refractivity contribution in [1.29, 1.82) is 0 Å². The normalized spacial score (nSPS) is 28.9. The second kappa shape index (κ2) is 6.77. The summed E-state index contributed by atoms with van der Waals surface area (Å²) in [4.78, 5) is 25.5. The fourth-order valence-electron chi connectivity index (χ4n) is 3.36. The number of rotatable bonds is 4. The third-order valence-electron chi connectivity index (χ3n) is 5.16. The Kier molecular flexibility index (Phi) is 5.25. The van der Waals surface area contributed by atoms with Gasteiger partial charge in [-0.15, -0.1) is 0 Å². The second-order valence-corrected chi connectivity index (χ2v) is 6.76. The first kappa shape index (κ1) is 16.3. The third kappa shape index (κ3) is 3.57. The van der Waals surface area contributed by atoms with Gasteiger partial charge in [-0.05, 0) is 31.1 Å². The molecule has 0 aromatic carbocycles. The van der Waals surface area contributed by atoms with Crippen molar-refractivity contribution in [2.24, 2.45) is 23.7 Å². The number of hydrogen-bond acceptors (Lipinski definition) is 3. The van der Waals surface area contributed by atoms with E-state index in [0.717, 1.165) is 25.9 Å². The standard InChI is InChI=1S/C16H27NO4/c1-10(2)11(3)15(18)17-7-4-12(5-8-17)14-13(16(19)20)6-9-21-14/h10-14H,4-9H2,1-3H3,(H,19,20)/t11?,13?,14-/m0/s1. The summed E-state index contributed by atoms with van der Waals surface area (Å²) in [6.45, 7) is 8.13. The Hall–Kier alpha value is -1.10. The highest BCUT2D eigenvalue weighted by Crippen LogP contribution is 2.33. The first-order valence-corrected chi connectivity index (χ1v) is 8.05. The predicted molar refractivity (Wildman–Crippen MR) is 78.8 cm³/mol. The largest absolute Gasteiger partial charge is 0.481 e. The molecule has 2 aliphatic rings. The van der Waals surface area contributed by atoms with E-state index in [4.69, 9.17) is 4.74 Å². The molecule has 0 aliphatic carbocycles. The molecule has 0 aromatic rings. The number of ether oxygens (including phenoxy) is 1. The van der Waals surface area contributed by atoms with E-state index in [0.29, 0.717) is 18.9 Å². The number of likely N-dealkylation sites (tertiary alicyclic amines) is 1. The van der Waals surface area contributed by atoms with Gasteiger partial charge in [0.15, 0.2) is 0 Å². The van der Waals surface area contributed by atoms with Gasteiger partial charge in [0.2, 0.25) is 5.91 Å². The van der Waals surface area contributed by atoms with Crippen LogP contribution in [-0.2, 0) is 14.3 Å². The SMILES string of the molecule is CC(C)C(C)C(=O)N1CCC([C@@H]2OCCC2C(=O)O)CC1. The van der Waals surface area contributed by atoms with E-state index in [9.17, 15) is 14.7 Å². The highest BCUT2D eigenvalue weighted by molar-refractivity contribution is 5.78. The van der Waals surface area contributed by atoms with Gasteiger partial charge < -0.3 is 14.7 Å². The summed E-state index contributed by atoms with van der Waals surface area (Å²) in [7, 11) is 0. The first-order chi connectivity index (χ1) is 9.91. The van der Waals surface area contributed by atoms with Crippen molar-refractivity contribution in [3.05, 3.63) is 0 Å². The fraction of sp³-hybridized carbons (Fsp3) is 0.875. The van der Waals surface area contributed by atoms with E-state index in [1.54, 1.807) is 0 Å². The average molecular weight is 297 g/mol. The van der Waals surface area contributed by atoms with Crippen LogP contribution >= 0.6 is 0 Å². The molecule has 2 heterocycles. The molecule has 2 aliphatic heterocycles. The zero-order valence-corrected chi connectivity index (χ0v) is 13.2. The lowest BCUT2D eigenvalue weighted by molar-refractivity contribution is -0.146. The first-order valence-electron chi connectivity index (χ1n) is 8.05. The van der Waals surface area contributed by atoms with Gasteiger partial charge >= 0.3 is 5.97 Å². The summed E-state index contributed by atoms with van der Waals surface area (Å²) in [6.07, 6.45) is 2.15. The molecule has 5 nitrogen and oxygen atoms in total. The highest BCUT2D eigenvalue weighted by Gasteiger charge is 2.41. The summed E-state index contributed by atoms with van der Waals surface area (Å²) >= 11 is 0. The van der Waals surface area contributed by atoms with Gasteiger partial charge in [0, 0.05) is 25.6 Å². The molecule has 1 amide bonds. The van der Waals surface area contributed by atoms with Gasteiger partial charge in [0.05, 0.1) is 12.0 Å².